The van der Waals surface area contributed by atoms with E-state index in [1.54, 1.807) is 6.20 Å². The number of halogens is 1. The van der Waals surface area contributed by atoms with Gasteiger partial charge in [-0.25, -0.2) is 0 Å². The molecule has 2 aromatic heterocycles. The first kappa shape index (κ1) is 15.0. The number of nitrogens with one attached hydrogen (secondary N) is 1. The molecule has 1 unspecified atom stereocenters. The summed E-state index contributed by atoms with van der Waals surface area (Å²) < 4.78 is 1.96. The Labute approximate surface area is 125 Å². The number of aromatic nitrogens is 3. The van der Waals surface area contributed by atoms with Crippen molar-refractivity contribution >= 4 is 11.6 Å². The molecule has 108 valence electrons. The zero-order valence-electron chi connectivity index (χ0n) is 12.4. The van der Waals surface area contributed by atoms with Gasteiger partial charge in [0.05, 0.1) is 28.6 Å². The smallest absolute Gasteiger partial charge is 0.0937 e. The van der Waals surface area contributed by atoms with Gasteiger partial charge in [-0.2, -0.15) is 5.10 Å². The predicted molar refractivity (Wildman–Crippen MR) is 82.1 cm³/mol. The average Bonchev–Trinajstić information content (AvgIpc) is 2.78. The zero-order chi connectivity index (χ0) is 14.7. The second kappa shape index (κ2) is 6.37. The van der Waals surface area contributed by atoms with E-state index < -0.39 is 0 Å². The molecule has 0 bridgehead atoms. The summed E-state index contributed by atoms with van der Waals surface area (Å²) in [6.07, 6.45) is 3.54. The molecule has 0 saturated carbocycles. The Morgan fingerprint density at radius 1 is 1.40 bits per heavy atom. The van der Waals surface area contributed by atoms with Crippen molar-refractivity contribution in [1.29, 1.82) is 0 Å². The maximum atomic E-state index is 6.36. The maximum absolute atomic E-state index is 6.36. The molecule has 1 atom stereocenters. The molecule has 0 aliphatic heterocycles. The molecule has 0 saturated heterocycles. The monoisotopic (exact) mass is 292 g/mol. The van der Waals surface area contributed by atoms with Crippen molar-refractivity contribution in [2.75, 3.05) is 6.54 Å². The van der Waals surface area contributed by atoms with Gasteiger partial charge in [0.2, 0.25) is 0 Å². The fourth-order valence-electron chi connectivity index (χ4n) is 2.30. The maximum Gasteiger partial charge on any atom is 0.0937 e. The summed E-state index contributed by atoms with van der Waals surface area (Å²) in [5.74, 6) is 0. The van der Waals surface area contributed by atoms with E-state index in [-0.39, 0.29) is 12.1 Å². The molecule has 0 radical (unpaired) electrons. The highest BCUT2D eigenvalue weighted by Gasteiger charge is 2.23. The Morgan fingerprint density at radius 3 is 2.75 bits per heavy atom. The number of hydrogen-bond acceptors (Lipinski definition) is 3. The number of rotatable bonds is 5. The summed E-state index contributed by atoms with van der Waals surface area (Å²) in [6.45, 7) is 9.17. The Balaban J connectivity index is 2.51. The lowest BCUT2D eigenvalue weighted by molar-refractivity contribution is 0.473. The Bertz CT molecular complexity index is 577. The van der Waals surface area contributed by atoms with Gasteiger partial charge in [-0.1, -0.05) is 18.5 Å². The second-order valence-corrected chi connectivity index (χ2v) is 5.57. The summed E-state index contributed by atoms with van der Waals surface area (Å²) in [6, 6.07) is 4.29. The Morgan fingerprint density at radius 2 is 2.15 bits per heavy atom. The molecular weight excluding hydrogens is 272 g/mol. The van der Waals surface area contributed by atoms with Gasteiger partial charge in [0.1, 0.15) is 0 Å². The van der Waals surface area contributed by atoms with Crippen LogP contribution in [-0.4, -0.2) is 21.3 Å². The van der Waals surface area contributed by atoms with Crippen LogP contribution in [0.2, 0.25) is 5.02 Å². The average molecular weight is 293 g/mol. The Kier molecular flexibility index (Phi) is 4.78. The van der Waals surface area contributed by atoms with Gasteiger partial charge in [0.25, 0.3) is 0 Å². The minimum atomic E-state index is -0.0442. The summed E-state index contributed by atoms with van der Waals surface area (Å²) >= 11 is 6.36. The van der Waals surface area contributed by atoms with Crippen molar-refractivity contribution in [1.82, 2.24) is 20.1 Å². The molecule has 0 amide bonds. The van der Waals surface area contributed by atoms with Crippen molar-refractivity contribution in [3.8, 4) is 0 Å². The lowest BCUT2D eigenvalue weighted by Crippen LogP contribution is -2.26. The Hall–Kier alpha value is -1.39. The van der Waals surface area contributed by atoms with Gasteiger partial charge in [-0.3, -0.25) is 9.67 Å². The number of nitrogens with zero attached hydrogens (tertiary/aromatic N) is 3. The van der Waals surface area contributed by atoms with E-state index in [9.17, 15) is 0 Å². The second-order valence-electron chi connectivity index (χ2n) is 5.16. The van der Waals surface area contributed by atoms with Crippen molar-refractivity contribution in [2.45, 2.75) is 39.8 Å². The van der Waals surface area contributed by atoms with Crippen molar-refractivity contribution in [3.05, 3.63) is 46.5 Å². The third-order valence-electron chi connectivity index (χ3n) is 3.19. The molecule has 1 N–H and O–H groups in total. The topological polar surface area (TPSA) is 42.7 Å². The fraction of sp³-hybridized carbons (Fsp3) is 0.467. The quantitative estimate of drug-likeness (QED) is 0.917. The number of aryl methyl sites for hydroxylation is 1. The van der Waals surface area contributed by atoms with E-state index in [2.05, 4.69) is 49.2 Å². The van der Waals surface area contributed by atoms with Crippen molar-refractivity contribution < 1.29 is 0 Å². The lowest BCUT2D eigenvalue weighted by atomic mass is 10.1. The van der Waals surface area contributed by atoms with Crippen LogP contribution in [0.3, 0.4) is 0 Å². The van der Waals surface area contributed by atoms with Crippen LogP contribution in [0.1, 0.15) is 49.8 Å². The van der Waals surface area contributed by atoms with E-state index in [1.807, 2.05) is 16.9 Å². The molecule has 2 rings (SSSR count). The van der Waals surface area contributed by atoms with Gasteiger partial charge in [0.15, 0.2) is 0 Å². The molecule has 0 aliphatic carbocycles. The molecule has 5 heteroatoms. The van der Waals surface area contributed by atoms with Gasteiger partial charge in [-0.05, 0) is 45.0 Å². The number of hydrogen-bond donors (Lipinski definition) is 1. The summed E-state index contributed by atoms with van der Waals surface area (Å²) in [4.78, 5) is 4.49. The molecule has 20 heavy (non-hydrogen) atoms. The molecule has 0 aromatic carbocycles. The number of pyridine rings is 1. The van der Waals surface area contributed by atoms with Crippen molar-refractivity contribution in [2.24, 2.45) is 0 Å². The van der Waals surface area contributed by atoms with Crippen LogP contribution in [0.15, 0.2) is 24.5 Å². The first-order valence-electron chi connectivity index (χ1n) is 6.93. The molecular formula is C15H21ClN4. The summed E-state index contributed by atoms with van der Waals surface area (Å²) in [5, 5.41) is 8.51. The van der Waals surface area contributed by atoms with Crippen molar-refractivity contribution in [3.63, 3.8) is 0 Å². The van der Waals surface area contributed by atoms with Crippen LogP contribution in [0, 0.1) is 6.92 Å². The molecule has 2 aromatic rings. The van der Waals surface area contributed by atoms with E-state index >= 15 is 0 Å². The summed E-state index contributed by atoms with van der Waals surface area (Å²) in [5.41, 5.74) is 3.13. The van der Waals surface area contributed by atoms with E-state index in [0.29, 0.717) is 5.02 Å². The predicted octanol–water partition coefficient (Wildman–Crippen LogP) is 3.52. The minimum Gasteiger partial charge on any atom is -0.304 e. The molecule has 0 fully saturated rings. The van der Waals surface area contributed by atoms with Crippen LogP contribution < -0.4 is 5.32 Å². The fourth-order valence-corrected chi connectivity index (χ4v) is 2.53. The highest BCUT2D eigenvalue weighted by molar-refractivity contribution is 6.31. The van der Waals surface area contributed by atoms with Crippen LogP contribution in [0.4, 0.5) is 0 Å². The lowest BCUT2D eigenvalue weighted by Gasteiger charge is -2.21. The third-order valence-corrected chi connectivity index (χ3v) is 3.48. The van der Waals surface area contributed by atoms with Crippen LogP contribution in [0.5, 0.6) is 0 Å². The first-order chi connectivity index (χ1) is 9.54. The van der Waals surface area contributed by atoms with E-state index in [1.165, 1.54) is 5.56 Å². The molecule has 0 spiro atoms. The van der Waals surface area contributed by atoms with Gasteiger partial charge >= 0.3 is 0 Å². The third kappa shape index (κ3) is 3.02. The van der Waals surface area contributed by atoms with E-state index in [4.69, 9.17) is 11.6 Å². The van der Waals surface area contributed by atoms with Crippen LogP contribution in [-0.2, 0) is 0 Å². The highest BCUT2D eigenvalue weighted by atomic mass is 35.5. The SMILES string of the molecule is CCNC(c1cc(C)ccn1)c1c(Cl)cnn1C(C)C. The van der Waals surface area contributed by atoms with Gasteiger partial charge < -0.3 is 5.32 Å². The standard InChI is InChI=1S/C15H21ClN4/c1-5-17-14(13-8-11(4)6-7-18-13)15-12(16)9-19-20(15)10(2)3/h6-10,14,17H,5H2,1-4H3. The molecule has 0 aliphatic rings. The summed E-state index contributed by atoms with van der Waals surface area (Å²) in [7, 11) is 0. The normalized spacial score (nSPS) is 12.9. The molecule has 2 heterocycles. The minimum absolute atomic E-state index is 0.0442. The zero-order valence-corrected chi connectivity index (χ0v) is 13.1. The first-order valence-corrected chi connectivity index (χ1v) is 7.31. The van der Waals surface area contributed by atoms with Gasteiger partial charge in [0, 0.05) is 12.2 Å². The highest BCUT2D eigenvalue weighted by Crippen LogP contribution is 2.29. The van der Waals surface area contributed by atoms with Crippen LogP contribution >= 0.6 is 11.6 Å². The molecule has 4 nitrogen and oxygen atoms in total. The van der Waals surface area contributed by atoms with Gasteiger partial charge in [-0.15, -0.1) is 0 Å². The van der Waals surface area contributed by atoms with Crippen LogP contribution in [0.25, 0.3) is 0 Å². The largest absolute Gasteiger partial charge is 0.304 e. The van der Waals surface area contributed by atoms with E-state index in [0.717, 1.165) is 17.9 Å².